The van der Waals surface area contributed by atoms with E-state index in [1.165, 1.54) is 0 Å². The Morgan fingerprint density at radius 2 is 1.00 bits per heavy atom. The summed E-state index contributed by atoms with van der Waals surface area (Å²) in [5.41, 5.74) is 0.458. The second kappa shape index (κ2) is 24.7. The van der Waals surface area contributed by atoms with Crippen molar-refractivity contribution in [2.45, 2.75) is 27.7 Å². The van der Waals surface area contributed by atoms with E-state index in [-0.39, 0.29) is 16.8 Å². The fraction of sp³-hybridized carbons (Fsp3) is 0.636. The Balaban J connectivity index is -0.0000000594. The van der Waals surface area contributed by atoms with E-state index in [0.717, 1.165) is 18.5 Å². The van der Waals surface area contributed by atoms with Crippen molar-refractivity contribution in [3.05, 3.63) is 0 Å². The molecule has 0 bridgehead atoms. The average molecular weight is 310 g/mol. The van der Waals surface area contributed by atoms with Crippen molar-refractivity contribution in [1.82, 2.24) is 0 Å². The molecule has 105 valence electrons. The van der Waals surface area contributed by atoms with E-state index in [2.05, 4.69) is 20.8 Å². The van der Waals surface area contributed by atoms with Crippen LogP contribution in [0.25, 0.3) is 0 Å². The second-order valence-corrected chi connectivity index (χ2v) is 7.43. The Labute approximate surface area is 115 Å². The van der Waals surface area contributed by atoms with Gasteiger partial charge in [0.15, 0.2) is 0 Å². The minimum Gasteiger partial charge on any atom is -0.307 e. The quantitative estimate of drug-likeness (QED) is 0.745. The largest absolute Gasteiger partial charge is 0.307 e. The minimum atomic E-state index is -1.15. The predicted molar refractivity (Wildman–Crippen MR) is 70.6 cm³/mol. The molecule has 6 heteroatoms. The normalized spacial score (nSPS) is 7.53. The van der Waals surface area contributed by atoms with Crippen molar-refractivity contribution in [3.63, 3.8) is 0 Å². The summed E-state index contributed by atoms with van der Waals surface area (Å²) in [5, 5.41) is 0. The Kier molecular flexibility index (Phi) is 43.7. The van der Waals surface area contributed by atoms with E-state index in [9.17, 15) is 4.79 Å². The molecule has 0 fully saturated rings. The predicted octanol–water partition coefficient (Wildman–Crippen LogP) is 2.05. The zero-order chi connectivity index (χ0) is 14.2. The summed E-state index contributed by atoms with van der Waals surface area (Å²) in [7, 11) is -1.15. The smallest absolute Gasteiger partial charge is 0.264 e. The first-order valence-electron chi connectivity index (χ1n) is 4.86. The third-order valence-corrected chi connectivity index (χ3v) is 7.45. The molecule has 0 aliphatic carbocycles. The van der Waals surface area contributed by atoms with E-state index in [1.807, 2.05) is 20.4 Å². The maximum absolute atomic E-state index is 11.2. The summed E-state index contributed by atoms with van der Waals surface area (Å²) in [4.78, 5) is 35.2. The van der Waals surface area contributed by atoms with Crippen molar-refractivity contribution in [1.29, 1.82) is 0 Å². The number of carbonyl (C=O) groups is 4. The van der Waals surface area contributed by atoms with E-state index in [0.29, 0.717) is 5.52 Å². The molecule has 0 aliphatic heterocycles. The number of hydrogen-bond acceptors (Lipinski definition) is 4. The van der Waals surface area contributed by atoms with Gasteiger partial charge in [-0.2, -0.15) is 0 Å². The first-order valence-corrected chi connectivity index (χ1v) is 7.21. The monoisotopic (exact) mass is 310 g/mol. The van der Waals surface area contributed by atoms with Gasteiger partial charge in [-0.15, -0.1) is 0 Å². The van der Waals surface area contributed by atoms with Crippen molar-refractivity contribution < 1.29 is 36.0 Å². The van der Waals surface area contributed by atoms with Gasteiger partial charge in [-0.25, -0.2) is 0 Å². The van der Waals surface area contributed by atoms with Crippen molar-refractivity contribution in [2.75, 3.05) is 18.5 Å². The van der Waals surface area contributed by atoms with Crippen molar-refractivity contribution >= 4 is 33.2 Å². The van der Waals surface area contributed by atoms with E-state index < -0.39 is 7.26 Å². The number of hydrogen-bond donors (Lipinski definition) is 0. The SMILES string of the molecule is C=O.C=O.C=O.CC[P+](CC)(CC)C(C)=O.[Co]. The third kappa shape index (κ3) is 13.6. The van der Waals surface area contributed by atoms with Crippen LogP contribution in [0.15, 0.2) is 0 Å². The van der Waals surface area contributed by atoms with Crippen LogP contribution in [-0.4, -0.2) is 44.4 Å². The van der Waals surface area contributed by atoms with Gasteiger partial charge < -0.3 is 14.4 Å². The summed E-state index contributed by atoms with van der Waals surface area (Å²) in [6.07, 6.45) is 3.28. The van der Waals surface area contributed by atoms with Crippen LogP contribution in [0.3, 0.4) is 0 Å². The van der Waals surface area contributed by atoms with Crippen LogP contribution in [0.4, 0.5) is 0 Å². The first-order chi connectivity index (χ1) is 7.63. The molecule has 0 spiro atoms. The first kappa shape index (κ1) is 30.0. The molecule has 0 aromatic heterocycles. The summed E-state index contributed by atoms with van der Waals surface area (Å²) in [6.45, 7) is 14.2. The van der Waals surface area contributed by atoms with Gasteiger partial charge in [0.25, 0.3) is 5.52 Å². The van der Waals surface area contributed by atoms with Crippen LogP contribution in [0.5, 0.6) is 0 Å². The van der Waals surface area contributed by atoms with Crippen LogP contribution >= 0.6 is 7.26 Å². The number of carbonyl (C=O) groups excluding carboxylic acids is 4. The van der Waals surface area contributed by atoms with Gasteiger partial charge in [0, 0.05) is 23.7 Å². The minimum absolute atomic E-state index is 0. The maximum atomic E-state index is 11.2. The Bertz CT molecular complexity index is 151. The van der Waals surface area contributed by atoms with Gasteiger partial charge in [-0.05, 0) is 20.8 Å². The van der Waals surface area contributed by atoms with Gasteiger partial charge in [0.2, 0.25) is 0 Å². The van der Waals surface area contributed by atoms with E-state index in [4.69, 9.17) is 14.4 Å². The standard InChI is InChI=1S/C8H18OP.3CH2O.Co/c1-5-10(6-2,7-3)8(4)9;3*1-2;/h5-7H2,1-4H3;3*1H2;/q+1;;;;. The molecule has 0 N–H and O–H groups in total. The van der Waals surface area contributed by atoms with E-state index in [1.54, 1.807) is 6.92 Å². The fourth-order valence-corrected chi connectivity index (χ4v) is 4.02. The molecular weight excluding hydrogens is 286 g/mol. The number of rotatable bonds is 4. The zero-order valence-electron chi connectivity index (χ0n) is 11.2. The van der Waals surface area contributed by atoms with Gasteiger partial charge in [0.1, 0.15) is 20.4 Å². The van der Waals surface area contributed by atoms with Crippen LogP contribution in [-0.2, 0) is 36.0 Å². The summed E-state index contributed by atoms with van der Waals surface area (Å²) >= 11 is 0. The zero-order valence-corrected chi connectivity index (χ0v) is 13.1. The molecule has 0 rings (SSSR count). The Morgan fingerprint density at radius 1 is 0.824 bits per heavy atom. The van der Waals surface area contributed by atoms with Gasteiger partial charge in [0.05, 0.1) is 25.7 Å². The maximum Gasteiger partial charge on any atom is 0.264 e. The van der Waals surface area contributed by atoms with Crippen molar-refractivity contribution in [2.24, 2.45) is 0 Å². The molecule has 0 aliphatic rings. The Hall–Kier alpha value is -0.384. The molecule has 0 aromatic carbocycles. The fourth-order valence-electron chi connectivity index (χ4n) is 1.34. The van der Waals surface area contributed by atoms with Crippen LogP contribution in [0.1, 0.15) is 27.7 Å². The molecule has 0 atom stereocenters. The molecule has 0 aromatic rings. The third-order valence-electron chi connectivity index (χ3n) is 2.48. The molecular formula is C11H24CoO4P+. The van der Waals surface area contributed by atoms with E-state index >= 15 is 0 Å². The van der Waals surface area contributed by atoms with Crippen LogP contribution in [0.2, 0.25) is 0 Å². The molecule has 0 saturated carbocycles. The molecule has 1 radical (unpaired) electrons. The summed E-state index contributed by atoms with van der Waals surface area (Å²) in [6, 6.07) is 0. The molecule has 0 unspecified atom stereocenters. The summed E-state index contributed by atoms with van der Waals surface area (Å²) in [5.74, 6) is 0. The second-order valence-electron chi connectivity index (χ2n) is 2.61. The molecule has 4 nitrogen and oxygen atoms in total. The van der Waals surface area contributed by atoms with Crippen LogP contribution < -0.4 is 0 Å². The molecule has 0 saturated heterocycles. The van der Waals surface area contributed by atoms with Gasteiger partial charge >= 0.3 is 0 Å². The molecule has 17 heavy (non-hydrogen) atoms. The Morgan fingerprint density at radius 3 is 1.00 bits per heavy atom. The van der Waals surface area contributed by atoms with Crippen molar-refractivity contribution in [3.8, 4) is 0 Å². The average Bonchev–Trinajstić information content (AvgIpc) is 2.39. The van der Waals surface area contributed by atoms with Gasteiger partial charge in [-0.1, -0.05) is 0 Å². The molecule has 0 heterocycles. The van der Waals surface area contributed by atoms with Gasteiger partial charge in [-0.3, -0.25) is 4.79 Å². The van der Waals surface area contributed by atoms with Crippen LogP contribution in [0, 0.1) is 0 Å². The topological polar surface area (TPSA) is 68.3 Å². The summed E-state index contributed by atoms with van der Waals surface area (Å²) < 4.78 is 0. The molecule has 0 amide bonds.